The van der Waals surface area contributed by atoms with Crippen molar-refractivity contribution >= 4 is 5.97 Å². The monoisotopic (exact) mass is 464 g/mol. The molecule has 2 rings (SSSR count). The lowest BCUT2D eigenvalue weighted by atomic mass is 9.72. The number of alkyl halides is 6. The van der Waals surface area contributed by atoms with Gasteiger partial charge in [-0.1, -0.05) is 20.8 Å². The highest BCUT2D eigenvalue weighted by Crippen LogP contribution is 2.57. The summed E-state index contributed by atoms with van der Waals surface area (Å²) in [5.41, 5.74) is -4.98. The number of rotatable bonds is 6. The first kappa shape index (κ1) is 28.0. The highest BCUT2D eigenvalue weighted by Gasteiger charge is 2.57. The van der Waals surface area contributed by atoms with Crippen molar-refractivity contribution < 1.29 is 45.7 Å². The summed E-state index contributed by atoms with van der Waals surface area (Å²) >= 11 is 0. The molecule has 31 heavy (non-hydrogen) atoms. The highest BCUT2D eigenvalue weighted by molar-refractivity contribution is 5.77. The minimum absolute atomic E-state index is 0.0443. The van der Waals surface area contributed by atoms with E-state index in [0.717, 1.165) is 26.7 Å². The normalized spacial score (nSPS) is 32.0. The zero-order valence-electron chi connectivity index (χ0n) is 18.9. The highest BCUT2D eigenvalue weighted by atomic mass is 19.4. The van der Waals surface area contributed by atoms with Gasteiger partial charge >= 0.3 is 18.3 Å². The Morgan fingerprint density at radius 2 is 1.55 bits per heavy atom. The number of esters is 1. The average molecular weight is 464 g/mol. The van der Waals surface area contributed by atoms with Crippen LogP contribution in [-0.2, 0) is 14.3 Å². The summed E-state index contributed by atoms with van der Waals surface area (Å²) in [5, 5.41) is 9.57. The molecule has 7 atom stereocenters. The lowest BCUT2D eigenvalue weighted by molar-refractivity contribution is -0.260. The number of aliphatic hydroxyl groups is 1. The van der Waals surface area contributed by atoms with Crippen molar-refractivity contribution in [2.75, 3.05) is 13.9 Å². The van der Waals surface area contributed by atoms with Crippen molar-refractivity contribution in [3.8, 4) is 0 Å². The van der Waals surface area contributed by atoms with Crippen LogP contribution in [0.4, 0.5) is 26.3 Å². The molecule has 0 aromatic carbocycles. The predicted octanol–water partition coefficient (Wildman–Crippen LogP) is 5.73. The van der Waals surface area contributed by atoms with E-state index in [1.807, 2.05) is 0 Å². The minimum atomic E-state index is -4.60. The van der Waals surface area contributed by atoms with Gasteiger partial charge in [-0.05, 0) is 69.1 Å². The van der Waals surface area contributed by atoms with E-state index in [-0.39, 0.29) is 18.8 Å². The zero-order chi connectivity index (χ0) is 24.4. The zero-order valence-corrected chi connectivity index (χ0v) is 18.9. The molecule has 0 amide bonds. The average Bonchev–Trinajstić information content (AvgIpc) is 3.16. The van der Waals surface area contributed by atoms with Crippen molar-refractivity contribution in [2.24, 2.45) is 35.0 Å². The smallest absolute Gasteiger partial charge is 0.416 e. The van der Waals surface area contributed by atoms with Gasteiger partial charge < -0.3 is 14.6 Å². The summed E-state index contributed by atoms with van der Waals surface area (Å²) in [6, 6.07) is 0. The minimum Gasteiger partial charge on any atom is -0.438 e. The lowest BCUT2D eigenvalue weighted by Crippen LogP contribution is -2.45. The van der Waals surface area contributed by atoms with E-state index in [1.165, 1.54) is 14.0 Å². The number of ether oxygens (including phenoxy) is 2. The Morgan fingerprint density at radius 3 is 1.90 bits per heavy atom. The molecular weight excluding hydrogens is 430 g/mol. The fourth-order valence-corrected chi connectivity index (χ4v) is 4.69. The van der Waals surface area contributed by atoms with E-state index in [9.17, 15) is 36.2 Å². The molecule has 0 aromatic rings. The molecule has 2 aliphatic rings. The molecule has 2 bridgehead atoms. The van der Waals surface area contributed by atoms with Crippen molar-refractivity contribution in [2.45, 2.75) is 78.3 Å². The molecule has 2 saturated carbocycles. The Bertz CT molecular complexity index is 602. The molecule has 7 unspecified atom stereocenters. The summed E-state index contributed by atoms with van der Waals surface area (Å²) in [7, 11) is 1.23. The van der Waals surface area contributed by atoms with Gasteiger partial charge in [-0.2, -0.15) is 26.3 Å². The number of hydrogen-bond acceptors (Lipinski definition) is 4. The third-order valence-electron chi connectivity index (χ3n) is 7.40. The number of carbonyl (C=O) groups excluding carboxylic acids is 1. The quantitative estimate of drug-likeness (QED) is 0.310. The van der Waals surface area contributed by atoms with Crippen LogP contribution in [0.5, 0.6) is 0 Å². The Balaban J connectivity index is 0.000000318. The first-order valence-electron chi connectivity index (χ1n) is 10.4. The third kappa shape index (κ3) is 6.06. The van der Waals surface area contributed by atoms with Crippen LogP contribution >= 0.6 is 0 Å². The Kier molecular flexibility index (Phi) is 8.90. The first-order chi connectivity index (χ1) is 13.9. The van der Waals surface area contributed by atoms with Crippen molar-refractivity contribution in [1.82, 2.24) is 0 Å². The maximum atomic E-state index is 12.7. The molecule has 1 N–H and O–H groups in total. The third-order valence-corrected chi connectivity index (χ3v) is 7.40. The van der Waals surface area contributed by atoms with Crippen molar-refractivity contribution in [3.05, 3.63) is 0 Å². The summed E-state index contributed by atoms with van der Waals surface area (Å²) < 4.78 is 83.9. The maximum absolute atomic E-state index is 12.7. The summed E-state index contributed by atoms with van der Waals surface area (Å²) in [5.74, 6) is 0.819. The van der Waals surface area contributed by atoms with Gasteiger partial charge in [-0.25, -0.2) is 0 Å². The second kappa shape index (κ2) is 9.85. The van der Waals surface area contributed by atoms with Gasteiger partial charge in [-0.3, -0.25) is 4.79 Å². The molecule has 0 aliphatic heterocycles. The number of fused-ring (bicyclic) bond motifs is 2. The first-order valence-corrected chi connectivity index (χ1v) is 10.4. The molecule has 2 fully saturated rings. The summed E-state index contributed by atoms with van der Waals surface area (Å²) in [6.07, 6.45) is -7.69. The van der Waals surface area contributed by atoms with Crippen LogP contribution in [0, 0.1) is 35.0 Å². The van der Waals surface area contributed by atoms with E-state index in [1.54, 1.807) is 0 Å². The molecule has 0 aromatic heterocycles. The molecule has 10 heteroatoms. The van der Waals surface area contributed by atoms with Crippen LogP contribution in [0.15, 0.2) is 0 Å². The molecule has 184 valence electrons. The maximum Gasteiger partial charge on any atom is 0.416 e. The van der Waals surface area contributed by atoms with Gasteiger partial charge in [0.05, 0.1) is 0 Å². The van der Waals surface area contributed by atoms with Gasteiger partial charge in [0, 0.05) is 7.11 Å². The molecule has 4 nitrogen and oxygen atoms in total. The van der Waals surface area contributed by atoms with Crippen LogP contribution < -0.4 is 0 Å². The van der Waals surface area contributed by atoms with Gasteiger partial charge in [-0.15, -0.1) is 0 Å². The number of carbonyl (C=O) groups is 1. The fraction of sp³-hybridized carbons (Fsp3) is 0.952. The van der Waals surface area contributed by atoms with Crippen molar-refractivity contribution in [3.63, 3.8) is 0 Å². The number of hydrogen-bond donors (Lipinski definition) is 1. The molecule has 2 aliphatic carbocycles. The SMILES string of the molecule is CC1C2CC(CC(C)(O)C(F)(F)F)C(C2)C1C.CCC(C)(C(=O)OCOC)C(F)(F)F. The van der Waals surface area contributed by atoms with Gasteiger partial charge in [0.25, 0.3) is 0 Å². The Hall–Kier alpha value is -1.03. The molecule has 0 saturated heterocycles. The van der Waals surface area contributed by atoms with Crippen LogP contribution in [-0.4, -0.2) is 42.9 Å². The van der Waals surface area contributed by atoms with E-state index >= 15 is 0 Å². The summed E-state index contributed by atoms with van der Waals surface area (Å²) in [4.78, 5) is 11.1. The molecular formula is C21H34F6O4. The van der Waals surface area contributed by atoms with Gasteiger partial charge in [0.2, 0.25) is 0 Å². The number of halogens is 6. The molecule has 0 radical (unpaired) electrons. The molecule has 0 heterocycles. The van der Waals surface area contributed by atoms with Crippen LogP contribution in [0.3, 0.4) is 0 Å². The Labute approximate surface area is 179 Å². The fourth-order valence-electron chi connectivity index (χ4n) is 4.69. The number of methoxy groups -OCH3 is 1. The largest absolute Gasteiger partial charge is 0.438 e. The van der Waals surface area contributed by atoms with E-state index < -0.39 is 36.1 Å². The summed E-state index contributed by atoms with van der Waals surface area (Å²) in [6.45, 7) is 6.88. The van der Waals surface area contributed by atoms with Crippen LogP contribution in [0.1, 0.15) is 60.3 Å². The van der Waals surface area contributed by atoms with Crippen molar-refractivity contribution in [1.29, 1.82) is 0 Å². The second-order valence-corrected chi connectivity index (χ2v) is 9.37. The van der Waals surface area contributed by atoms with Gasteiger partial charge in [0.15, 0.2) is 17.8 Å². The second-order valence-electron chi connectivity index (χ2n) is 9.37. The standard InChI is InChI=1S/C13H21F3O.C8H13F3O3/c1-7-8(2)11-5-9(7)4-10(11)6-12(3,17)13(14,15)16;1-4-7(2,8(9,10)11)6(12)14-5-13-3/h7-11,17H,4-6H2,1-3H3;4-5H2,1-3H3. The lowest BCUT2D eigenvalue weighted by Gasteiger charge is -2.36. The van der Waals surface area contributed by atoms with Crippen LogP contribution in [0.2, 0.25) is 0 Å². The molecule has 0 spiro atoms. The van der Waals surface area contributed by atoms with Crippen LogP contribution in [0.25, 0.3) is 0 Å². The predicted molar refractivity (Wildman–Crippen MR) is 102 cm³/mol. The van der Waals surface area contributed by atoms with E-state index in [2.05, 4.69) is 23.3 Å². The topological polar surface area (TPSA) is 55.8 Å². The Morgan fingerprint density at radius 1 is 1.00 bits per heavy atom. The van der Waals surface area contributed by atoms with Gasteiger partial charge in [0.1, 0.15) is 0 Å². The van der Waals surface area contributed by atoms with E-state index in [4.69, 9.17) is 0 Å². The van der Waals surface area contributed by atoms with E-state index in [0.29, 0.717) is 23.7 Å².